The van der Waals surface area contributed by atoms with E-state index in [-0.39, 0.29) is 29.8 Å². The van der Waals surface area contributed by atoms with Crippen LogP contribution in [0.2, 0.25) is 5.02 Å². The van der Waals surface area contributed by atoms with E-state index in [9.17, 15) is 18.0 Å². The van der Waals surface area contributed by atoms with Crippen molar-refractivity contribution in [3.63, 3.8) is 0 Å². The molecule has 1 saturated carbocycles. The second kappa shape index (κ2) is 15.8. The minimum Gasteiger partial charge on any atom is -0.352 e. The molecular weight excluding hydrogens is 642 g/mol. The lowest BCUT2D eigenvalue weighted by Gasteiger charge is -2.35. The molecule has 252 valence electrons. The van der Waals surface area contributed by atoms with E-state index in [1.165, 1.54) is 9.21 Å². The normalized spacial score (nSPS) is 14.2. The van der Waals surface area contributed by atoms with Gasteiger partial charge in [0.25, 0.3) is 10.0 Å². The van der Waals surface area contributed by atoms with E-state index in [1.54, 1.807) is 42.5 Å². The summed E-state index contributed by atoms with van der Waals surface area (Å²) in [6.45, 7) is 5.22. The molecule has 1 atom stereocenters. The van der Waals surface area contributed by atoms with E-state index < -0.39 is 28.5 Å². The monoisotopic (exact) mass is 685 g/mol. The molecule has 5 rings (SSSR count). The maximum atomic E-state index is 14.8. The van der Waals surface area contributed by atoms with Gasteiger partial charge in [-0.05, 0) is 86.2 Å². The summed E-state index contributed by atoms with van der Waals surface area (Å²) >= 11 is 6.20. The molecule has 1 aliphatic carbocycles. The van der Waals surface area contributed by atoms with Crippen LogP contribution in [0.3, 0.4) is 0 Å². The summed E-state index contributed by atoms with van der Waals surface area (Å²) in [5.74, 6) is -0.728. The van der Waals surface area contributed by atoms with Crippen molar-refractivity contribution in [3.05, 3.63) is 130 Å². The van der Waals surface area contributed by atoms with Crippen LogP contribution in [0.15, 0.2) is 102 Å². The fourth-order valence-corrected chi connectivity index (χ4v) is 7.82. The van der Waals surface area contributed by atoms with Gasteiger partial charge in [0.05, 0.1) is 10.6 Å². The van der Waals surface area contributed by atoms with Crippen molar-refractivity contribution in [3.8, 4) is 0 Å². The fourth-order valence-electron chi connectivity index (χ4n) is 6.22. The maximum Gasteiger partial charge on any atom is 0.264 e. The second-order valence-electron chi connectivity index (χ2n) is 12.8. The Bertz CT molecular complexity index is 1810. The van der Waals surface area contributed by atoms with Gasteiger partial charge >= 0.3 is 0 Å². The number of hydrogen-bond acceptors (Lipinski definition) is 4. The molecule has 0 spiro atoms. The van der Waals surface area contributed by atoms with Gasteiger partial charge in [-0.3, -0.25) is 13.9 Å². The van der Waals surface area contributed by atoms with E-state index >= 15 is 0 Å². The number of hydrogen-bond donors (Lipinski definition) is 1. The van der Waals surface area contributed by atoms with Crippen LogP contribution in [-0.4, -0.2) is 43.8 Å². The standard InChI is InChI=1S/C39H44ClN3O4S/c1-28-15-22-35(23-16-28)48(46,47)43(36-24-29(2)14-17-30(36)3)27-38(44)42(26-32-18-20-33(40)21-19-32)37(25-31-10-6-4-7-11-31)39(45)41-34-12-8-5-9-13-34/h4,6-7,10-11,14-24,34,37H,5,8-9,12-13,25-27H2,1-3H3,(H,41,45)/t37-/m0/s1. The molecule has 2 amide bonds. The van der Waals surface area contributed by atoms with Gasteiger partial charge in [0, 0.05) is 24.0 Å². The number of amides is 2. The van der Waals surface area contributed by atoms with Crippen LogP contribution in [-0.2, 0) is 32.6 Å². The molecule has 7 nitrogen and oxygen atoms in total. The molecule has 0 aromatic heterocycles. The average Bonchev–Trinajstić information content (AvgIpc) is 3.08. The zero-order valence-electron chi connectivity index (χ0n) is 27.9. The van der Waals surface area contributed by atoms with Crippen LogP contribution in [0, 0.1) is 20.8 Å². The first-order valence-electron chi connectivity index (χ1n) is 16.6. The summed E-state index contributed by atoms with van der Waals surface area (Å²) < 4.78 is 30.0. The van der Waals surface area contributed by atoms with E-state index in [4.69, 9.17) is 11.6 Å². The van der Waals surface area contributed by atoms with E-state index in [2.05, 4.69) is 5.32 Å². The average molecular weight is 686 g/mol. The lowest BCUT2D eigenvalue weighted by atomic mass is 9.94. The van der Waals surface area contributed by atoms with Gasteiger partial charge in [-0.2, -0.15) is 0 Å². The molecule has 0 radical (unpaired) electrons. The first kappa shape index (κ1) is 35.2. The number of anilines is 1. The summed E-state index contributed by atoms with van der Waals surface area (Å²) in [7, 11) is -4.18. The van der Waals surface area contributed by atoms with Gasteiger partial charge in [-0.1, -0.05) is 103 Å². The Morgan fingerprint density at radius 1 is 0.812 bits per heavy atom. The van der Waals surface area contributed by atoms with Gasteiger partial charge in [0.2, 0.25) is 11.8 Å². The molecule has 0 unspecified atom stereocenters. The third-order valence-electron chi connectivity index (χ3n) is 9.01. The lowest BCUT2D eigenvalue weighted by molar-refractivity contribution is -0.140. The fraction of sp³-hybridized carbons (Fsp3) is 0.333. The van der Waals surface area contributed by atoms with Crippen LogP contribution >= 0.6 is 11.6 Å². The summed E-state index contributed by atoms with van der Waals surface area (Å²) in [6, 6.07) is 28.1. The molecule has 4 aromatic rings. The number of benzene rings is 4. The van der Waals surface area contributed by atoms with Gasteiger partial charge in [-0.25, -0.2) is 8.42 Å². The number of carbonyl (C=O) groups is 2. The topological polar surface area (TPSA) is 86.8 Å². The highest BCUT2D eigenvalue weighted by Crippen LogP contribution is 2.29. The Hall–Kier alpha value is -4.14. The molecule has 48 heavy (non-hydrogen) atoms. The predicted molar refractivity (Wildman–Crippen MR) is 193 cm³/mol. The maximum absolute atomic E-state index is 14.8. The molecule has 0 heterocycles. The van der Waals surface area contributed by atoms with Gasteiger partial charge < -0.3 is 10.2 Å². The Labute approximate surface area is 290 Å². The Morgan fingerprint density at radius 3 is 2.12 bits per heavy atom. The minimum atomic E-state index is -4.18. The third-order valence-corrected chi connectivity index (χ3v) is 11.0. The van der Waals surface area contributed by atoms with Crippen LogP contribution in [0.1, 0.15) is 59.9 Å². The van der Waals surface area contributed by atoms with Crippen LogP contribution in [0.4, 0.5) is 5.69 Å². The SMILES string of the molecule is Cc1ccc(S(=O)(=O)N(CC(=O)N(Cc2ccc(Cl)cc2)[C@@H](Cc2ccccc2)C(=O)NC2CCCCC2)c2cc(C)ccc2C)cc1. The number of nitrogens with one attached hydrogen (secondary N) is 1. The molecule has 4 aromatic carbocycles. The highest BCUT2D eigenvalue weighted by atomic mass is 35.5. The van der Waals surface area contributed by atoms with Gasteiger partial charge in [0.1, 0.15) is 12.6 Å². The zero-order valence-corrected chi connectivity index (χ0v) is 29.4. The largest absolute Gasteiger partial charge is 0.352 e. The number of nitrogens with zero attached hydrogens (tertiary/aromatic N) is 2. The second-order valence-corrected chi connectivity index (χ2v) is 15.1. The minimum absolute atomic E-state index is 0.0327. The van der Waals surface area contributed by atoms with Crippen molar-refractivity contribution in [1.82, 2.24) is 10.2 Å². The quantitative estimate of drug-likeness (QED) is 0.167. The zero-order chi connectivity index (χ0) is 34.3. The molecule has 1 fully saturated rings. The number of carbonyl (C=O) groups excluding carboxylic acids is 2. The molecule has 0 saturated heterocycles. The summed E-state index contributed by atoms with van der Waals surface area (Å²) in [4.78, 5) is 30.6. The summed E-state index contributed by atoms with van der Waals surface area (Å²) in [6.07, 6.45) is 5.29. The number of sulfonamides is 1. The molecule has 1 N–H and O–H groups in total. The van der Waals surface area contributed by atoms with Crippen molar-refractivity contribution in [2.24, 2.45) is 0 Å². The first-order chi connectivity index (χ1) is 23.0. The van der Waals surface area contributed by atoms with Crippen LogP contribution in [0.5, 0.6) is 0 Å². The van der Waals surface area contributed by atoms with E-state index in [0.29, 0.717) is 16.3 Å². The number of halogens is 1. The van der Waals surface area contributed by atoms with Crippen LogP contribution in [0.25, 0.3) is 0 Å². The highest BCUT2D eigenvalue weighted by Gasteiger charge is 2.36. The summed E-state index contributed by atoms with van der Waals surface area (Å²) in [5.41, 5.74) is 4.58. The van der Waals surface area contributed by atoms with E-state index in [0.717, 1.165) is 54.4 Å². The van der Waals surface area contributed by atoms with Gasteiger partial charge in [-0.15, -0.1) is 0 Å². The smallest absolute Gasteiger partial charge is 0.264 e. The van der Waals surface area contributed by atoms with Crippen molar-refractivity contribution >= 4 is 39.1 Å². The van der Waals surface area contributed by atoms with E-state index in [1.807, 2.05) is 75.4 Å². The molecule has 9 heteroatoms. The van der Waals surface area contributed by atoms with Crippen LogP contribution < -0.4 is 9.62 Å². The van der Waals surface area contributed by atoms with Crippen molar-refractivity contribution in [2.75, 3.05) is 10.8 Å². The Morgan fingerprint density at radius 2 is 1.46 bits per heavy atom. The van der Waals surface area contributed by atoms with Gasteiger partial charge in [0.15, 0.2) is 0 Å². The molecule has 0 aliphatic heterocycles. The molecular formula is C39H44ClN3O4S. The Kier molecular flexibility index (Phi) is 11.6. The number of aryl methyl sites for hydroxylation is 3. The third kappa shape index (κ3) is 8.85. The predicted octanol–water partition coefficient (Wildman–Crippen LogP) is 7.55. The van der Waals surface area contributed by atoms with Crippen molar-refractivity contribution in [2.45, 2.75) is 82.8 Å². The molecule has 0 bridgehead atoms. The summed E-state index contributed by atoms with van der Waals surface area (Å²) in [5, 5.41) is 3.80. The highest BCUT2D eigenvalue weighted by molar-refractivity contribution is 7.92. The Balaban J connectivity index is 1.58. The van der Waals surface area contributed by atoms with Crippen molar-refractivity contribution < 1.29 is 18.0 Å². The molecule has 1 aliphatic rings. The number of rotatable bonds is 12. The lowest BCUT2D eigenvalue weighted by Crippen LogP contribution is -2.55. The first-order valence-corrected chi connectivity index (χ1v) is 18.4. The van der Waals surface area contributed by atoms with Crippen molar-refractivity contribution in [1.29, 1.82) is 0 Å².